The van der Waals surface area contributed by atoms with E-state index in [1.54, 1.807) is 0 Å². The first-order valence-electron chi connectivity index (χ1n) is 5.28. The number of thioether (sulfide) groups is 1. The fourth-order valence-corrected chi connectivity index (χ4v) is 3.12. The van der Waals surface area contributed by atoms with E-state index in [-0.39, 0.29) is 11.3 Å². The number of anilines is 1. The molecule has 1 atom stereocenters. The van der Waals surface area contributed by atoms with Crippen molar-refractivity contribution in [3.05, 3.63) is 15.6 Å². The van der Waals surface area contributed by atoms with Gasteiger partial charge in [0, 0.05) is 12.6 Å². The van der Waals surface area contributed by atoms with Crippen molar-refractivity contribution < 1.29 is 9.84 Å². The van der Waals surface area contributed by atoms with Gasteiger partial charge < -0.3 is 14.7 Å². The smallest absolute Gasteiger partial charge is 0.134 e. The molecule has 1 aliphatic rings. The fraction of sp³-hybridized carbons (Fsp3) is 0.600. The van der Waals surface area contributed by atoms with Crippen LogP contribution in [0.4, 0.5) is 5.82 Å². The highest BCUT2D eigenvalue weighted by Crippen LogP contribution is 2.25. The van der Waals surface area contributed by atoms with Crippen LogP contribution in [0.1, 0.15) is 5.82 Å². The summed E-state index contributed by atoms with van der Waals surface area (Å²) in [7, 11) is 0. The molecule has 2 rings (SSSR count). The minimum absolute atomic E-state index is 0.0890. The van der Waals surface area contributed by atoms with Crippen molar-refractivity contribution in [2.75, 3.05) is 30.6 Å². The van der Waals surface area contributed by atoms with E-state index < -0.39 is 0 Å². The largest absolute Gasteiger partial charge is 0.386 e. The van der Waals surface area contributed by atoms with E-state index in [1.165, 1.54) is 11.8 Å². The molecule has 0 amide bonds. The molecule has 0 radical (unpaired) electrons. The summed E-state index contributed by atoms with van der Waals surface area (Å²) >= 11 is 3.65. The predicted molar refractivity (Wildman–Crippen MR) is 76.1 cm³/mol. The highest BCUT2D eigenvalue weighted by Gasteiger charge is 2.24. The van der Waals surface area contributed by atoms with Gasteiger partial charge in [-0.25, -0.2) is 9.97 Å². The van der Waals surface area contributed by atoms with Crippen LogP contribution in [0.25, 0.3) is 0 Å². The molecule has 1 fully saturated rings. The molecular weight excluding hydrogens is 353 g/mol. The van der Waals surface area contributed by atoms with Crippen molar-refractivity contribution in [1.29, 1.82) is 0 Å². The normalized spacial score (nSPS) is 20.6. The SMILES string of the molecule is Cc1nc(I)cc(N2CCOCC2SCO)n1. The number of halogens is 1. The van der Waals surface area contributed by atoms with Crippen molar-refractivity contribution in [2.45, 2.75) is 12.3 Å². The fourth-order valence-electron chi connectivity index (χ4n) is 1.73. The van der Waals surface area contributed by atoms with Crippen LogP contribution in [-0.4, -0.2) is 46.1 Å². The molecule has 94 valence electrons. The maximum atomic E-state index is 9.04. The third kappa shape index (κ3) is 3.43. The second-order valence-corrected chi connectivity index (χ2v) is 5.86. The minimum atomic E-state index is 0.0890. The van der Waals surface area contributed by atoms with Crippen LogP contribution in [0.2, 0.25) is 0 Å². The van der Waals surface area contributed by atoms with E-state index in [4.69, 9.17) is 9.84 Å². The summed E-state index contributed by atoms with van der Waals surface area (Å²) in [5.41, 5.74) is 0. The molecule has 1 aromatic rings. The highest BCUT2D eigenvalue weighted by atomic mass is 127. The number of aryl methyl sites for hydroxylation is 1. The van der Waals surface area contributed by atoms with Gasteiger partial charge in [-0.3, -0.25) is 0 Å². The maximum Gasteiger partial charge on any atom is 0.134 e. The molecule has 0 aromatic carbocycles. The Kier molecular flexibility index (Phi) is 4.83. The topological polar surface area (TPSA) is 58.5 Å². The molecule has 0 bridgehead atoms. The lowest BCUT2D eigenvalue weighted by atomic mass is 10.4. The number of hydrogen-bond acceptors (Lipinski definition) is 6. The number of aliphatic hydroxyl groups excluding tert-OH is 1. The molecule has 1 N–H and O–H groups in total. The van der Waals surface area contributed by atoms with Crippen LogP contribution in [-0.2, 0) is 4.74 Å². The van der Waals surface area contributed by atoms with Gasteiger partial charge in [-0.05, 0) is 29.5 Å². The molecule has 2 heterocycles. The minimum Gasteiger partial charge on any atom is -0.386 e. The Morgan fingerprint density at radius 1 is 1.65 bits per heavy atom. The van der Waals surface area contributed by atoms with Crippen molar-refractivity contribution in [2.24, 2.45) is 0 Å². The molecule has 1 aromatic heterocycles. The second kappa shape index (κ2) is 6.17. The number of aromatic nitrogens is 2. The first-order valence-corrected chi connectivity index (χ1v) is 7.41. The molecule has 1 aliphatic heterocycles. The summed E-state index contributed by atoms with van der Waals surface area (Å²) in [4.78, 5) is 10.9. The number of morpholine rings is 1. The van der Waals surface area contributed by atoms with Crippen molar-refractivity contribution in [3.8, 4) is 0 Å². The second-order valence-electron chi connectivity index (χ2n) is 3.61. The molecule has 0 aliphatic carbocycles. The van der Waals surface area contributed by atoms with Gasteiger partial charge in [0.1, 0.15) is 20.7 Å². The molecule has 1 saturated heterocycles. The van der Waals surface area contributed by atoms with Crippen LogP contribution in [0.5, 0.6) is 0 Å². The number of ether oxygens (including phenoxy) is 1. The lowest BCUT2D eigenvalue weighted by molar-refractivity contribution is 0.114. The van der Waals surface area contributed by atoms with Crippen LogP contribution in [0.15, 0.2) is 6.07 Å². The van der Waals surface area contributed by atoms with E-state index in [0.717, 1.165) is 21.9 Å². The standard InChI is InChI=1S/C10H14IN3O2S/c1-7-12-8(11)4-9(13-7)14-2-3-16-5-10(14)17-6-15/h4,10,15H,2-3,5-6H2,1H3. The summed E-state index contributed by atoms with van der Waals surface area (Å²) < 4.78 is 6.36. The Hall–Kier alpha value is -0.120. The molecule has 17 heavy (non-hydrogen) atoms. The quantitative estimate of drug-likeness (QED) is 0.493. The zero-order chi connectivity index (χ0) is 12.3. The van der Waals surface area contributed by atoms with Gasteiger partial charge >= 0.3 is 0 Å². The molecule has 0 saturated carbocycles. The Morgan fingerprint density at radius 3 is 3.18 bits per heavy atom. The third-order valence-electron chi connectivity index (χ3n) is 2.44. The molecule has 1 unspecified atom stereocenters. The van der Waals surface area contributed by atoms with Crippen LogP contribution in [0, 0.1) is 10.6 Å². The van der Waals surface area contributed by atoms with E-state index in [9.17, 15) is 0 Å². The van der Waals surface area contributed by atoms with E-state index in [0.29, 0.717) is 13.2 Å². The number of aliphatic hydroxyl groups is 1. The van der Waals surface area contributed by atoms with Gasteiger partial charge in [-0.1, -0.05) is 0 Å². The molecule has 7 heteroatoms. The summed E-state index contributed by atoms with van der Waals surface area (Å²) in [6.45, 7) is 4.00. The number of hydrogen-bond donors (Lipinski definition) is 1. The first kappa shape index (κ1) is 13.3. The van der Waals surface area contributed by atoms with Gasteiger partial charge in [-0.15, -0.1) is 11.8 Å². The van der Waals surface area contributed by atoms with Crippen LogP contribution in [0.3, 0.4) is 0 Å². The van der Waals surface area contributed by atoms with Gasteiger partial charge in [-0.2, -0.15) is 0 Å². The van der Waals surface area contributed by atoms with E-state index in [1.807, 2.05) is 13.0 Å². The molecular formula is C10H14IN3O2S. The van der Waals surface area contributed by atoms with Gasteiger partial charge in [0.15, 0.2) is 0 Å². The number of nitrogens with zero attached hydrogens (tertiary/aromatic N) is 3. The van der Waals surface area contributed by atoms with Crippen LogP contribution < -0.4 is 4.90 Å². The Labute approximate surface area is 118 Å². The van der Waals surface area contributed by atoms with E-state index in [2.05, 4.69) is 37.5 Å². The molecule has 5 nitrogen and oxygen atoms in total. The summed E-state index contributed by atoms with van der Waals surface area (Å²) in [6.07, 6.45) is 0. The van der Waals surface area contributed by atoms with Crippen molar-refractivity contribution in [1.82, 2.24) is 9.97 Å². The summed E-state index contributed by atoms with van der Waals surface area (Å²) in [5.74, 6) is 1.77. The van der Waals surface area contributed by atoms with Crippen LogP contribution >= 0.6 is 34.4 Å². The zero-order valence-corrected chi connectivity index (χ0v) is 12.4. The summed E-state index contributed by atoms with van der Waals surface area (Å²) in [6, 6.07) is 1.96. The highest BCUT2D eigenvalue weighted by molar-refractivity contribution is 14.1. The average molecular weight is 367 g/mol. The zero-order valence-electron chi connectivity index (χ0n) is 9.47. The van der Waals surface area contributed by atoms with E-state index >= 15 is 0 Å². The predicted octanol–water partition coefficient (Wildman–Crippen LogP) is 1.24. The lowest BCUT2D eigenvalue weighted by Crippen LogP contribution is -2.44. The average Bonchev–Trinajstić information content (AvgIpc) is 2.29. The van der Waals surface area contributed by atoms with Crippen molar-refractivity contribution >= 4 is 40.2 Å². The Bertz CT molecular complexity index is 372. The Morgan fingerprint density at radius 2 is 2.47 bits per heavy atom. The van der Waals surface area contributed by atoms with Crippen molar-refractivity contribution in [3.63, 3.8) is 0 Å². The van der Waals surface area contributed by atoms with Gasteiger partial charge in [0.2, 0.25) is 0 Å². The Balaban J connectivity index is 2.22. The maximum absolute atomic E-state index is 9.04. The number of rotatable bonds is 3. The van der Waals surface area contributed by atoms with Gasteiger partial charge in [0.25, 0.3) is 0 Å². The van der Waals surface area contributed by atoms with Gasteiger partial charge in [0.05, 0.1) is 19.2 Å². The lowest BCUT2D eigenvalue weighted by Gasteiger charge is -2.35. The third-order valence-corrected chi connectivity index (χ3v) is 3.92. The summed E-state index contributed by atoms with van der Waals surface area (Å²) in [5, 5.41) is 9.16. The molecule has 0 spiro atoms. The first-order chi connectivity index (χ1) is 8.20. The monoisotopic (exact) mass is 367 g/mol.